The van der Waals surface area contributed by atoms with Crippen molar-refractivity contribution in [3.05, 3.63) is 42.9 Å². The summed E-state index contributed by atoms with van der Waals surface area (Å²) in [7, 11) is 0. The predicted octanol–water partition coefficient (Wildman–Crippen LogP) is 4.61. The Morgan fingerprint density at radius 3 is 2.84 bits per heavy atom. The van der Waals surface area contributed by atoms with Gasteiger partial charge in [-0.3, -0.25) is 10.1 Å². The highest BCUT2D eigenvalue weighted by atomic mass is 79.9. The van der Waals surface area contributed by atoms with E-state index in [4.69, 9.17) is 0 Å². The normalized spacial score (nSPS) is 18.4. The Morgan fingerprint density at radius 1 is 1.44 bits per heavy atom. The topological polar surface area (TPSA) is 72.2 Å². The molecule has 0 N–H and O–H groups in total. The highest BCUT2D eigenvalue weighted by molar-refractivity contribution is 9.10. The molecule has 6 nitrogen and oxygen atoms in total. The van der Waals surface area contributed by atoms with Crippen LogP contribution in [0.25, 0.3) is 0 Å². The number of thiazole rings is 1. The highest BCUT2D eigenvalue weighted by Gasteiger charge is 2.35. The Bertz CT molecular complexity index is 799. The van der Waals surface area contributed by atoms with Crippen LogP contribution in [0, 0.1) is 10.1 Å². The molecule has 134 valence electrons. The average molecular weight is 437 g/mol. The number of halogens is 4. The van der Waals surface area contributed by atoms with Gasteiger partial charge in [-0.15, -0.1) is 11.3 Å². The van der Waals surface area contributed by atoms with Crippen LogP contribution in [0.5, 0.6) is 0 Å². The fraction of sp³-hybridized carbons (Fsp3) is 0.429. The van der Waals surface area contributed by atoms with Crippen molar-refractivity contribution in [3.63, 3.8) is 0 Å². The number of piperidine rings is 1. The van der Waals surface area contributed by atoms with Gasteiger partial charge >= 0.3 is 11.9 Å². The molecule has 0 amide bonds. The van der Waals surface area contributed by atoms with Crippen LogP contribution in [0.3, 0.4) is 0 Å². The van der Waals surface area contributed by atoms with E-state index in [0.717, 1.165) is 16.7 Å². The maximum Gasteiger partial charge on any atom is 0.434 e. The summed E-state index contributed by atoms with van der Waals surface area (Å²) in [6.45, 7) is 0.907. The van der Waals surface area contributed by atoms with E-state index in [1.54, 1.807) is 4.90 Å². The van der Waals surface area contributed by atoms with Crippen molar-refractivity contribution in [3.8, 4) is 0 Å². The third-order valence-electron chi connectivity index (χ3n) is 3.89. The van der Waals surface area contributed by atoms with E-state index in [0.29, 0.717) is 35.4 Å². The zero-order valence-electron chi connectivity index (χ0n) is 12.7. The van der Waals surface area contributed by atoms with E-state index in [9.17, 15) is 23.3 Å². The Morgan fingerprint density at radius 2 is 2.20 bits per heavy atom. The van der Waals surface area contributed by atoms with Gasteiger partial charge in [-0.2, -0.15) is 13.2 Å². The molecule has 2 aromatic rings. The lowest BCUT2D eigenvalue weighted by molar-refractivity contribution is -0.384. The summed E-state index contributed by atoms with van der Waals surface area (Å²) in [4.78, 5) is 20.3. The molecule has 1 fully saturated rings. The van der Waals surface area contributed by atoms with Gasteiger partial charge in [-0.1, -0.05) is 0 Å². The summed E-state index contributed by atoms with van der Waals surface area (Å²) >= 11 is 4.13. The molecule has 1 atom stereocenters. The average Bonchev–Trinajstić information content (AvgIpc) is 3.05. The maximum absolute atomic E-state index is 12.7. The minimum Gasteiger partial charge on any atom is -0.350 e. The second kappa shape index (κ2) is 6.87. The molecule has 1 saturated heterocycles. The molecular weight excluding hydrogens is 425 g/mol. The van der Waals surface area contributed by atoms with Crippen molar-refractivity contribution in [1.82, 2.24) is 9.97 Å². The molecule has 11 heteroatoms. The van der Waals surface area contributed by atoms with E-state index in [-0.39, 0.29) is 17.4 Å². The summed E-state index contributed by atoms with van der Waals surface area (Å²) in [5, 5.41) is 12.7. The van der Waals surface area contributed by atoms with Crippen LogP contribution in [0.15, 0.2) is 22.1 Å². The van der Waals surface area contributed by atoms with Crippen LogP contribution in [0.4, 0.5) is 24.7 Å². The first-order valence-electron chi connectivity index (χ1n) is 7.33. The number of rotatable bonds is 3. The SMILES string of the molecule is O=[N+]([O-])c1cc(Br)cnc1N1CCCC(c2nc(C(F)(F)F)cs2)C1. The van der Waals surface area contributed by atoms with Crippen molar-refractivity contribution in [1.29, 1.82) is 0 Å². The zero-order chi connectivity index (χ0) is 18.2. The minimum atomic E-state index is -4.46. The fourth-order valence-corrected chi connectivity index (χ4v) is 4.05. The van der Waals surface area contributed by atoms with Gasteiger partial charge in [0.1, 0.15) is 0 Å². The van der Waals surface area contributed by atoms with Crippen LogP contribution < -0.4 is 4.90 Å². The largest absolute Gasteiger partial charge is 0.434 e. The third kappa shape index (κ3) is 3.92. The molecule has 0 spiro atoms. The highest BCUT2D eigenvalue weighted by Crippen LogP contribution is 2.37. The van der Waals surface area contributed by atoms with Gasteiger partial charge in [0, 0.05) is 41.1 Å². The second-order valence-corrected chi connectivity index (χ2v) is 7.41. The summed E-state index contributed by atoms with van der Waals surface area (Å²) in [6.07, 6.45) is -1.61. The number of aromatic nitrogens is 2. The molecule has 1 aliphatic rings. The zero-order valence-corrected chi connectivity index (χ0v) is 15.1. The van der Waals surface area contributed by atoms with Gasteiger partial charge in [-0.05, 0) is 28.8 Å². The Hall–Kier alpha value is -1.75. The van der Waals surface area contributed by atoms with Crippen LogP contribution in [0.1, 0.15) is 29.5 Å². The summed E-state index contributed by atoms with van der Waals surface area (Å²) in [5.41, 5.74) is -1.03. The first-order chi connectivity index (χ1) is 11.8. The molecule has 3 heterocycles. The first-order valence-corrected chi connectivity index (χ1v) is 9.00. The lowest BCUT2D eigenvalue weighted by atomic mass is 9.98. The van der Waals surface area contributed by atoms with Gasteiger partial charge in [0.15, 0.2) is 5.69 Å². The number of anilines is 1. The van der Waals surface area contributed by atoms with E-state index in [2.05, 4.69) is 25.9 Å². The number of nitro groups is 1. The molecule has 1 aliphatic heterocycles. The number of alkyl halides is 3. The van der Waals surface area contributed by atoms with Crippen LogP contribution in [0.2, 0.25) is 0 Å². The van der Waals surface area contributed by atoms with Crippen molar-refractivity contribution in [2.75, 3.05) is 18.0 Å². The van der Waals surface area contributed by atoms with Crippen LogP contribution in [-0.2, 0) is 6.18 Å². The predicted molar refractivity (Wildman–Crippen MR) is 89.9 cm³/mol. The summed E-state index contributed by atoms with van der Waals surface area (Å²) < 4.78 is 38.7. The number of pyridine rings is 1. The molecule has 2 aromatic heterocycles. The Balaban J connectivity index is 1.85. The van der Waals surface area contributed by atoms with E-state index in [1.807, 2.05) is 0 Å². The quantitative estimate of drug-likeness (QED) is 0.518. The standard InChI is InChI=1S/C14H12BrF3N4O2S/c15-9-4-10(22(23)24)12(19-5-9)21-3-1-2-8(6-21)13-20-11(7-25-13)14(16,17)18/h4-5,7-8H,1-3,6H2. The van der Waals surface area contributed by atoms with Crippen LogP contribution in [-0.4, -0.2) is 28.0 Å². The van der Waals surface area contributed by atoms with Crippen molar-refractivity contribution >= 4 is 38.8 Å². The maximum atomic E-state index is 12.7. The van der Waals surface area contributed by atoms with E-state index in [1.165, 1.54) is 12.3 Å². The van der Waals surface area contributed by atoms with Gasteiger partial charge in [0.2, 0.25) is 5.82 Å². The monoisotopic (exact) mass is 436 g/mol. The second-order valence-electron chi connectivity index (χ2n) is 5.61. The molecule has 25 heavy (non-hydrogen) atoms. The molecule has 0 aromatic carbocycles. The lowest BCUT2D eigenvalue weighted by Crippen LogP contribution is -2.35. The van der Waals surface area contributed by atoms with E-state index < -0.39 is 16.8 Å². The summed E-state index contributed by atoms with van der Waals surface area (Å²) in [5.74, 6) is 0.0189. The van der Waals surface area contributed by atoms with Gasteiger partial charge in [0.25, 0.3) is 0 Å². The smallest absolute Gasteiger partial charge is 0.350 e. The first kappa shape index (κ1) is 18.1. The Kier molecular flexibility index (Phi) is 4.96. The van der Waals surface area contributed by atoms with Gasteiger partial charge < -0.3 is 4.90 Å². The molecule has 1 unspecified atom stereocenters. The molecule has 3 rings (SSSR count). The molecule has 0 radical (unpaired) electrons. The van der Waals surface area contributed by atoms with Gasteiger partial charge in [0.05, 0.1) is 9.93 Å². The molecular formula is C14H12BrF3N4O2S. The number of hydrogen-bond donors (Lipinski definition) is 0. The summed E-state index contributed by atoms with van der Waals surface area (Å²) in [6, 6.07) is 1.37. The minimum absolute atomic E-state index is 0.134. The van der Waals surface area contributed by atoms with Crippen molar-refractivity contribution in [2.45, 2.75) is 24.9 Å². The number of hydrogen-bond acceptors (Lipinski definition) is 6. The Labute approximate surface area is 153 Å². The van der Waals surface area contributed by atoms with Crippen LogP contribution >= 0.6 is 27.3 Å². The number of nitrogens with zero attached hydrogens (tertiary/aromatic N) is 4. The van der Waals surface area contributed by atoms with Crippen molar-refractivity contribution in [2.24, 2.45) is 0 Å². The molecule has 0 aliphatic carbocycles. The third-order valence-corrected chi connectivity index (χ3v) is 5.33. The molecule has 0 bridgehead atoms. The van der Waals surface area contributed by atoms with Crippen molar-refractivity contribution < 1.29 is 18.1 Å². The van der Waals surface area contributed by atoms with E-state index >= 15 is 0 Å². The lowest BCUT2D eigenvalue weighted by Gasteiger charge is -2.32. The fourth-order valence-electron chi connectivity index (χ4n) is 2.78. The molecule has 0 saturated carbocycles. The van der Waals surface area contributed by atoms with Gasteiger partial charge in [-0.25, -0.2) is 9.97 Å².